The summed E-state index contributed by atoms with van der Waals surface area (Å²) in [6.45, 7) is 5.64. The molecule has 1 atom stereocenters. The van der Waals surface area contributed by atoms with Crippen LogP contribution in [0.3, 0.4) is 0 Å². The standard InChI is InChI=1S/C6H13ClO2/c1-6(2,3)5(8)9-4-7/h5,8H,4H2,1-3H3. The Labute approximate surface area is 60.8 Å². The summed E-state index contributed by atoms with van der Waals surface area (Å²) < 4.78 is 4.73. The third-order valence-electron chi connectivity index (χ3n) is 0.962. The number of hydrogen-bond donors (Lipinski definition) is 1. The van der Waals surface area contributed by atoms with Crippen LogP contribution in [0.1, 0.15) is 20.8 Å². The average molecular weight is 153 g/mol. The van der Waals surface area contributed by atoms with Crippen molar-refractivity contribution in [1.82, 2.24) is 0 Å². The van der Waals surface area contributed by atoms with Crippen molar-refractivity contribution in [3.8, 4) is 0 Å². The molecule has 0 spiro atoms. The second kappa shape index (κ2) is 3.40. The molecule has 1 unspecified atom stereocenters. The van der Waals surface area contributed by atoms with E-state index in [9.17, 15) is 0 Å². The zero-order valence-electron chi connectivity index (χ0n) is 6.02. The fourth-order valence-electron chi connectivity index (χ4n) is 0.310. The molecular formula is C6H13ClO2. The van der Waals surface area contributed by atoms with Crippen LogP contribution in [-0.4, -0.2) is 17.5 Å². The van der Waals surface area contributed by atoms with Gasteiger partial charge in [-0.2, -0.15) is 0 Å². The molecule has 0 heterocycles. The van der Waals surface area contributed by atoms with E-state index in [4.69, 9.17) is 21.4 Å². The quantitative estimate of drug-likeness (QED) is 0.481. The molecule has 0 aliphatic rings. The molecule has 0 bridgehead atoms. The molecule has 1 N–H and O–H groups in total. The van der Waals surface area contributed by atoms with Crippen LogP contribution >= 0.6 is 11.6 Å². The number of alkyl halides is 1. The molecule has 3 heteroatoms. The second-order valence-electron chi connectivity index (χ2n) is 2.99. The first-order valence-electron chi connectivity index (χ1n) is 2.84. The van der Waals surface area contributed by atoms with Crippen molar-refractivity contribution in [2.75, 3.05) is 6.07 Å². The molecule has 0 saturated carbocycles. The van der Waals surface area contributed by atoms with E-state index < -0.39 is 6.29 Å². The highest BCUT2D eigenvalue weighted by Gasteiger charge is 2.21. The highest BCUT2D eigenvalue weighted by atomic mass is 35.5. The predicted molar refractivity (Wildman–Crippen MR) is 37.3 cm³/mol. The normalized spacial score (nSPS) is 15.7. The Kier molecular flexibility index (Phi) is 3.48. The van der Waals surface area contributed by atoms with Gasteiger partial charge in [-0.15, -0.1) is 0 Å². The van der Waals surface area contributed by atoms with Gasteiger partial charge in [0.25, 0.3) is 0 Å². The van der Waals surface area contributed by atoms with Gasteiger partial charge in [-0.3, -0.25) is 0 Å². The maximum atomic E-state index is 9.08. The lowest BCUT2D eigenvalue weighted by Gasteiger charge is -2.24. The SMILES string of the molecule is CC(C)(C)C(O)OCCl. The molecule has 0 rings (SSSR count). The van der Waals surface area contributed by atoms with Gasteiger partial charge in [-0.25, -0.2) is 0 Å². The summed E-state index contributed by atoms with van der Waals surface area (Å²) in [5, 5.41) is 9.08. The summed E-state index contributed by atoms with van der Waals surface area (Å²) in [6, 6.07) is 0.0401. The van der Waals surface area contributed by atoms with Crippen LogP contribution in [0.4, 0.5) is 0 Å². The van der Waals surface area contributed by atoms with Crippen molar-refractivity contribution in [1.29, 1.82) is 0 Å². The van der Waals surface area contributed by atoms with E-state index in [0.717, 1.165) is 0 Å². The molecule has 56 valence electrons. The van der Waals surface area contributed by atoms with Crippen molar-refractivity contribution in [3.63, 3.8) is 0 Å². The van der Waals surface area contributed by atoms with E-state index in [1.54, 1.807) is 0 Å². The summed E-state index contributed by atoms with van der Waals surface area (Å²) in [5.41, 5.74) is -0.241. The van der Waals surface area contributed by atoms with E-state index in [-0.39, 0.29) is 11.5 Å². The van der Waals surface area contributed by atoms with E-state index in [2.05, 4.69) is 0 Å². The summed E-state index contributed by atoms with van der Waals surface area (Å²) in [5.74, 6) is 0. The first kappa shape index (κ1) is 9.21. The highest BCUT2D eigenvalue weighted by molar-refractivity contribution is 6.17. The molecule has 0 aromatic carbocycles. The highest BCUT2D eigenvalue weighted by Crippen LogP contribution is 2.19. The van der Waals surface area contributed by atoms with Crippen LogP contribution in [-0.2, 0) is 4.74 Å². The Morgan fingerprint density at radius 3 is 2.11 bits per heavy atom. The Hall–Kier alpha value is 0.210. The minimum Gasteiger partial charge on any atom is -0.367 e. The van der Waals surface area contributed by atoms with Gasteiger partial charge in [-0.1, -0.05) is 32.4 Å². The molecule has 2 nitrogen and oxygen atoms in total. The molecule has 0 amide bonds. The van der Waals surface area contributed by atoms with Crippen molar-refractivity contribution >= 4 is 11.6 Å². The molecule has 0 aromatic heterocycles. The van der Waals surface area contributed by atoms with Crippen molar-refractivity contribution in [3.05, 3.63) is 0 Å². The minimum atomic E-state index is -0.769. The Morgan fingerprint density at radius 1 is 1.56 bits per heavy atom. The lowest BCUT2D eigenvalue weighted by atomic mass is 9.96. The number of ether oxygens (including phenoxy) is 1. The number of hydrogen-bond acceptors (Lipinski definition) is 2. The second-order valence-corrected chi connectivity index (χ2v) is 3.21. The maximum Gasteiger partial charge on any atom is 0.160 e. The summed E-state index contributed by atoms with van der Waals surface area (Å²) >= 11 is 5.22. The van der Waals surface area contributed by atoms with Crippen LogP contribution in [0.25, 0.3) is 0 Å². The van der Waals surface area contributed by atoms with Crippen molar-refractivity contribution < 1.29 is 9.84 Å². The van der Waals surface area contributed by atoms with Gasteiger partial charge < -0.3 is 9.84 Å². The third-order valence-corrected chi connectivity index (χ3v) is 1.09. The topological polar surface area (TPSA) is 29.5 Å². The largest absolute Gasteiger partial charge is 0.367 e. The number of rotatable bonds is 2. The lowest BCUT2D eigenvalue weighted by molar-refractivity contribution is -0.145. The molecule has 0 aliphatic carbocycles. The van der Waals surface area contributed by atoms with Crippen LogP contribution in [0.15, 0.2) is 0 Å². The summed E-state index contributed by atoms with van der Waals surface area (Å²) in [7, 11) is 0. The Balaban J connectivity index is 3.59. The Morgan fingerprint density at radius 2 is 2.00 bits per heavy atom. The average Bonchev–Trinajstić information content (AvgIpc) is 1.64. The lowest BCUT2D eigenvalue weighted by Crippen LogP contribution is -2.28. The maximum absolute atomic E-state index is 9.08. The fraction of sp³-hybridized carbons (Fsp3) is 1.00. The molecule has 0 aromatic rings. The molecule has 0 saturated heterocycles. The van der Waals surface area contributed by atoms with E-state index >= 15 is 0 Å². The first-order chi connectivity index (χ1) is 3.98. The van der Waals surface area contributed by atoms with E-state index in [1.807, 2.05) is 20.8 Å². The fourth-order valence-corrected chi connectivity index (χ4v) is 0.429. The molecule has 0 radical (unpaired) electrons. The van der Waals surface area contributed by atoms with E-state index in [0.29, 0.717) is 0 Å². The summed E-state index contributed by atoms with van der Waals surface area (Å²) in [4.78, 5) is 0. The van der Waals surface area contributed by atoms with Gasteiger partial charge in [0, 0.05) is 5.41 Å². The zero-order chi connectivity index (χ0) is 7.49. The van der Waals surface area contributed by atoms with Gasteiger partial charge in [0.2, 0.25) is 0 Å². The van der Waals surface area contributed by atoms with Crippen molar-refractivity contribution in [2.45, 2.75) is 27.1 Å². The van der Waals surface area contributed by atoms with Gasteiger partial charge in [0.05, 0.1) is 0 Å². The smallest absolute Gasteiger partial charge is 0.160 e. The van der Waals surface area contributed by atoms with Gasteiger partial charge >= 0.3 is 0 Å². The van der Waals surface area contributed by atoms with Crippen LogP contribution in [0.5, 0.6) is 0 Å². The van der Waals surface area contributed by atoms with Crippen LogP contribution in [0.2, 0.25) is 0 Å². The van der Waals surface area contributed by atoms with E-state index in [1.165, 1.54) is 0 Å². The molecule has 0 aliphatic heterocycles. The number of halogens is 1. The van der Waals surface area contributed by atoms with Crippen LogP contribution < -0.4 is 0 Å². The third kappa shape index (κ3) is 3.73. The minimum absolute atomic E-state index is 0.0401. The van der Waals surface area contributed by atoms with Gasteiger partial charge in [0.15, 0.2) is 6.29 Å². The monoisotopic (exact) mass is 152 g/mol. The van der Waals surface area contributed by atoms with Crippen LogP contribution in [0, 0.1) is 5.41 Å². The van der Waals surface area contributed by atoms with Gasteiger partial charge in [-0.05, 0) is 0 Å². The zero-order valence-corrected chi connectivity index (χ0v) is 6.77. The number of aliphatic hydroxyl groups is 1. The molecular weight excluding hydrogens is 140 g/mol. The molecule has 0 fully saturated rings. The summed E-state index contributed by atoms with van der Waals surface area (Å²) in [6.07, 6.45) is -0.769. The van der Waals surface area contributed by atoms with Crippen molar-refractivity contribution in [2.24, 2.45) is 5.41 Å². The number of aliphatic hydroxyl groups excluding tert-OH is 1. The predicted octanol–water partition coefficient (Wildman–Crippen LogP) is 1.56. The molecule has 9 heavy (non-hydrogen) atoms. The first-order valence-corrected chi connectivity index (χ1v) is 3.37. The van der Waals surface area contributed by atoms with Gasteiger partial charge in [0.1, 0.15) is 6.07 Å². The Bertz CT molecular complexity index is 77.6.